The summed E-state index contributed by atoms with van der Waals surface area (Å²) in [7, 11) is 0. The van der Waals surface area contributed by atoms with E-state index in [0.717, 1.165) is 38.5 Å². The molecule has 23 heavy (non-hydrogen) atoms. The average molecular weight is 324 g/mol. The largest absolute Gasteiger partial charge is 0.390 e. The van der Waals surface area contributed by atoms with Gasteiger partial charge in [-0.2, -0.15) is 0 Å². The molecule has 1 N–H and O–H groups in total. The molecule has 0 aromatic heterocycles. The Morgan fingerprint density at radius 1 is 1.04 bits per heavy atom. The number of rotatable bonds is 1. The minimum absolute atomic E-state index is 0.0387. The van der Waals surface area contributed by atoms with Crippen LogP contribution in [0.15, 0.2) is 0 Å². The molecule has 0 saturated carbocycles. The standard InChI is InChI=1S/C17H28N2O4/c1-13(20)18-8-4-14(5-9-18)16(22)19-10-6-17(7-11-19)15(21)3-2-12-23-17/h14-15,21H,2-12H2,1H3/t15-/m0/s1. The molecule has 6 heteroatoms. The van der Waals surface area contributed by atoms with E-state index < -0.39 is 11.7 Å². The quantitative estimate of drug-likeness (QED) is 0.774. The summed E-state index contributed by atoms with van der Waals surface area (Å²) in [6, 6.07) is 0. The highest BCUT2D eigenvalue weighted by Crippen LogP contribution is 2.36. The van der Waals surface area contributed by atoms with E-state index in [-0.39, 0.29) is 17.7 Å². The van der Waals surface area contributed by atoms with Gasteiger partial charge in [0.05, 0.1) is 11.7 Å². The maximum atomic E-state index is 12.7. The van der Waals surface area contributed by atoms with Gasteiger partial charge in [-0.15, -0.1) is 0 Å². The first kappa shape index (κ1) is 16.7. The lowest BCUT2D eigenvalue weighted by atomic mass is 9.81. The van der Waals surface area contributed by atoms with Crippen LogP contribution in [0.3, 0.4) is 0 Å². The number of piperidine rings is 2. The van der Waals surface area contributed by atoms with Crippen molar-refractivity contribution >= 4 is 11.8 Å². The molecular weight excluding hydrogens is 296 g/mol. The fourth-order valence-corrected chi connectivity index (χ4v) is 4.19. The molecular formula is C17H28N2O4. The topological polar surface area (TPSA) is 70.1 Å². The number of aliphatic hydroxyl groups excluding tert-OH is 1. The summed E-state index contributed by atoms with van der Waals surface area (Å²) in [5.41, 5.74) is -0.424. The highest BCUT2D eigenvalue weighted by atomic mass is 16.5. The van der Waals surface area contributed by atoms with Crippen LogP contribution in [-0.4, -0.2) is 71.2 Å². The Kier molecular flexibility index (Phi) is 4.92. The van der Waals surface area contributed by atoms with Gasteiger partial charge in [0.15, 0.2) is 0 Å². The Labute approximate surface area is 137 Å². The summed E-state index contributed by atoms with van der Waals surface area (Å²) in [4.78, 5) is 27.8. The molecule has 0 bridgehead atoms. The van der Waals surface area contributed by atoms with E-state index in [9.17, 15) is 14.7 Å². The van der Waals surface area contributed by atoms with Crippen LogP contribution in [0.2, 0.25) is 0 Å². The number of hydrogen-bond acceptors (Lipinski definition) is 4. The van der Waals surface area contributed by atoms with Gasteiger partial charge < -0.3 is 19.6 Å². The summed E-state index contributed by atoms with van der Waals surface area (Å²) < 4.78 is 5.90. The van der Waals surface area contributed by atoms with Gasteiger partial charge in [-0.05, 0) is 38.5 Å². The van der Waals surface area contributed by atoms with Crippen molar-refractivity contribution in [3.05, 3.63) is 0 Å². The molecule has 0 aromatic carbocycles. The van der Waals surface area contributed by atoms with Gasteiger partial charge in [0, 0.05) is 45.6 Å². The summed E-state index contributed by atoms with van der Waals surface area (Å²) in [6.07, 6.45) is 4.31. The highest BCUT2D eigenvalue weighted by molar-refractivity contribution is 5.80. The van der Waals surface area contributed by atoms with Gasteiger partial charge in [-0.1, -0.05) is 0 Å². The SMILES string of the molecule is CC(=O)N1CCC(C(=O)N2CCC3(CC2)OCCC[C@@H]3O)CC1. The maximum absolute atomic E-state index is 12.7. The van der Waals surface area contributed by atoms with Crippen LogP contribution in [0.4, 0.5) is 0 Å². The number of carbonyl (C=O) groups is 2. The molecule has 0 aromatic rings. The number of carbonyl (C=O) groups excluding carboxylic acids is 2. The summed E-state index contributed by atoms with van der Waals surface area (Å²) >= 11 is 0. The Bertz CT molecular complexity index is 452. The molecule has 3 rings (SSSR count). The molecule has 0 radical (unpaired) electrons. The number of amides is 2. The first-order chi connectivity index (χ1) is 11.0. The molecule has 0 unspecified atom stereocenters. The fourth-order valence-electron chi connectivity index (χ4n) is 4.19. The van der Waals surface area contributed by atoms with Gasteiger partial charge >= 0.3 is 0 Å². The van der Waals surface area contributed by atoms with Crippen molar-refractivity contribution in [2.45, 2.75) is 57.2 Å². The zero-order valence-corrected chi connectivity index (χ0v) is 14.0. The molecule has 1 spiro atoms. The maximum Gasteiger partial charge on any atom is 0.225 e. The van der Waals surface area contributed by atoms with Crippen molar-refractivity contribution in [1.82, 2.24) is 9.80 Å². The fraction of sp³-hybridized carbons (Fsp3) is 0.882. The molecule has 2 amide bonds. The zero-order valence-electron chi connectivity index (χ0n) is 14.0. The van der Waals surface area contributed by atoms with E-state index in [1.807, 2.05) is 9.80 Å². The van der Waals surface area contributed by atoms with Crippen LogP contribution < -0.4 is 0 Å². The van der Waals surface area contributed by atoms with E-state index in [0.29, 0.717) is 32.8 Å². The molecule has 3 fully saturated rings. The highest BCUT2D eigenvalue weighted by Gasteiger charge is 2.45. The second kappa shape index (κ2) is 6.77. The first-order valence-electron chi connectivity index (χ1n) is 8.88. The minimum atomic E-state index is -0.424. The number of ether oxygens (including phenoxy) is 1. The van der Waals surface area contributed by atoms with E-state index >= 15 is 0 Å². The van der Waals surface area contributed by atoms with Gasteiger partial charge in [0.1, 0.15) is 0 Å². The van der Waals surface area contributed by atoms with Crippen LogP contribution in [0, 0.1) is 5.92 Å². The van der Waals surface area contributed by atoms with Crippen molar-refractivity contribution in [3.63, 3.8) is 0 Å². The van der Waals surface area contributed by atoms with E-state index in [4.69, 9.17) is 4.74 Å². The Hall–Kier alpha value is -1.14. The number of aliphatic hydroxyl groups is 1. The molecule has 3 aliphatic rings. The van der Waals surface area contributed by atoms with Crippen LogP contribution in [0.5, 0.6) is 0 Å². The second-order valence-corrected chi connectivity index (χ2v) is 7.18. The molecule has 3 heterocycles. The van der Waals surface area contributed by atoms with Crippen molar-refractivity contribution in [2.75, 3.05) is 32.8 Å². The molecule has 0 aliphatic carbocycles. The molecule has 3 aliphatic heterocycles. The van der Waals surface area contributed by atoms with Gasteiger partial charge in [-0.3, -0.25) is 9.59 Å². The number of likely N-dealkylation sites (tertiary alicyclic amines) is 2. The average Bonchev–Trinajstić information content (AvgIpc) is 2.58. The second-order valence-electron chi connectivity index (χ2n) is 7.18. The Balaban J connectivity index is 1.52. The molecule has 130 valence electrons. The normalized spacial score (nSPS) is 28.9. The third-order valence-electron chi connectivity index (χ3n) is 5.83. The van der Waals surface area contributed by atoms with Gasteiger partial charge in [0.25, 0.3) is 0 Å². The summed E-state index contributed by atoms with van der Waals surface area (Å²) in [6.45, 7) is 5.01. The van der Waals surface area contributed by atoms with Crippen LogP contribution in [0.25, 0.3) is 0 Å². The molecule has 3 saturated heterocycles. The number of hydrogen-bond donors (Lipinski definition) is 1. The third-order valence-corrected chi connectivity index (χ3v) is 5.83. The Morgan fingerprint density at radius 3 is 2.26 bits per heavy atom. The van der Waals surface area contributed by atoms with Crippen LogP contribution >= 0.6 is 0 Å². The van der Waals surface area contributed by atoms with Crippen LogP contribution in [-0.2, 0) is 14.3 Å². The smallest absolute Gasteiger partial charge is 0.225 e. The molecule has 1 atom stereocenters. The van der Waals surface area contributed by atoms with Crippen molar-refractivity contribution in [1.29, 1.82) is 0 Å². The lowest BCUT2D eigenvalue weighted by Crippen LogP contribution is -2.57. The minimum Gasteiger partial charge on any atom is -0.390 e. The monoisotopic (exact) mass is 324 g/mol. The summed E-state index contributed by atoms with van der Waals surface area (Å²) in [5, 5.41) is 10.3. The van der Waals surface area contributed by atoms with E-state index in [1.165, 1.54) is 0 Å². The zero-order chi connectivity index (χ0) is 16.4. The first-order valence-corrected chi connectivity index (χ1v) is 8.88. The van der Waals surface area contributed by atoms with E-state index in [1.54, 1.807) is 6.92 Å². The molecule has 6 nitrogen and oxygen atoms in total. The number of nitrogens with zero attached hydrogens (tertiary/aromatic N) is 2. The van der Waals surface area contributed by atoms with Crippen molar-refractivity contribution < 1.29 is 19.4 Å². The lowest BCUT2D eigenvalue weighted by molar-refractivity contribution is -0.181. The van der Waals surface area contributed by atoms with Gasteiger partial charge in [-0.25, -0.2) is 0 Å². The predicted molar refractivity (Wildman–Crippen MR) is 84.7 cm³/mol. The third kappa shape index (κ3) is 3.38. The lowest BCUT2D eigenvalue weighted by Gasteiger charge is -2.47. The summed E-state index contributed by atoms with van der Waals surface area (Å²) in [5.74, 6) is 0.351. The Morgan fingerprint density at radius 2 is 1.70 bits per heavy atom. The van der Waals surface area contributed by atoms with E-state index in [2.05, 4.69) is 0 Å². The van der Waals surface area contributed by atoms with Crippen molar-refractivity contribution in [2.24, 2.45) is 5.92 Å². The van der Waals surface area contributed by atoms with Crippen LogP contribution in [0.1, 0.15) is 45.4 Å². The van der Waals surface area contributed by atoms with Gasteiger partial charge in [0.2, 0.25) is 11.8 Å². The van der Waals surface area contributed by atoms with Crippen molar-refractivity contribution in [3.8, 4) is 0 Å². The predicted octanol–water partition coefficient (Wildman–Crippen LogP) is 0.777.